The average Bonchev–Trinajstić information content (AvgIpc) is 2.41. The number of ether oxygens (including phenoxy) is 1. The van der Waals surface area contributed by atoms with Crippen LogP contribution in [0, 0.1) is 0 Å². The molecule has 1 aromatic rings. The second-order valence-electron chi connectivity index (χ2n) is 4.63. The van der Waals surface area contributed by atoms with Crippen molar-refractivity contribution in [2.45, 2.75) is 26.4 Å². The van der Waals surface area contributed by atoms with Gasteiger partial charge in [0.25, 0.3) is 0 Å². The SMILES string of the molecule is C=CCN(CCOC)c1cncc(CNC(C)C)n1. The lowest BCUT2D eigenvalue weighted by atomic mass is 10.3. The fourth-order valence-electron chi connectivity index (χ4n) is 1.60. The van der Waals surface area contributed by atoms with Gasteiger partial charge < -0.3 is 15.0 Å². The van der Waals surface area contributed by atoms with E-state index in [4.69, 9.17) is 4.74 Å². The van der Waals surface area contributed by atoms with E-state index in [1.807, 2.05) is 6.08 Å². The van der Waals surface area contributed by atoms with Crippen molar-refractivity contribution in [2.24, 2.45) is 0 Å². The maximum atomic E-state index is 5.11. The first-order valence-electron chi connectivity index (χ1n) is 6.56. The maximum absolute atomic E-state index is 5.11. The molecule has 1 aromatic heterocycles. The van der Waals surface area contributed by atoms with Crippen molar-refractivity contribution in [3.05, 3.63) is 30.7 Å². The standard InChI is InChI=1S/C14H24N4O/c1-5-6-18(7-8-19-4)14-11-15-9-13(17-14)10-16-12(2)3/h5,9,11-12,16H,1,6-8,10H2,2-4H3. The normalized spacial score (nSPS) is 10.7. The molecule has 19 heavy (non-hydrogen) atoms. The van der Waals surface area contributed by atoms with E-state index in [1.54, 1.807) is 19.5 Å². The van der Waals surface area contributed by atoms with E-state index in [-0.39, 0.29) is 0 Å². The van der Waals surface area contributed by atoms with Gasteiger partial charge >= 0.3 is 0 Å². The molecule has 0 bridgehead atoms. The van der Waals surface area contributed by atoms with E-state index in [2.05, 4.69) is 40.6 Å². The van der Waals surface area contributed by atoms with Gasteiger partial charge in [-0.2, -0.15) is 0 Å². The summed E-state index contributed by atoms with van der Waals surface area (Å²) in [5, 5.41) is 3.34. The van der Waals surface area contributed by atoms with Crippen molar-refractivity contribution < 1.29 is 4.74 Å². The van der Waals surface area contributed by atoms with E-state index in [1.165, 1.54) is 0 Å². The number of anilines is 1. The van der Waals surface area contributed by atoms with Crippen molar-refractivity contribution in [1.29, 1.82) is 0 Å². The second kappa shape index (κ2) is 8.61. The molecule has 0 amide bonds. The zero-order valence-corrected chi connectivity index (χ0v) is 12.1. The first kappa shape index (κ1) is 15.6. The van der Waals surface area contributed by atoms with Crippen LogP contribution < -0.4 is 10.2 Å². The molecule has 0 aliphatic heterocycles. The molecule has 106 valence electrons. The number of nitrogens with one attached hydrogen (secondary N) is 1. The third-order valence-electron chi connectivity index (χ3n) is 2.60. The lowest BCUT2D eigenvalue weighted by Crippen LogP contribution is -2.29. The first-order valence-corrected chi connectivity index (χ1v) is 6.56. The third-order valence-corrected chi connectivity index (χ3v) is 2.60. The molecule has 0 spiro atoms. The van der Waals surface area contributed by atoms with Crippen molar-refractivity contribution in [1.82, 2.24) is 15.3 Å². The molecule has 0 aliphatic rings. The summed E-state index contributed by atoms with van der Waals surface area (Å²) in [5.74, 6) is 0.861. The van der Waals surface area contributed by atoms with E-state index < -0.39 is 0 Å². The van der Waals surface area contributed by atoms with E-state index in [0.717, 1.165) is 31.1 Å². The van der Waals surface area contributed by atoms with Gasteiger partial charge in [0, 0.05) is 39.0 Å². The van der Waals surface area contributed by atoms with E-state index >= 15 is 0 Å². The summed E-state index contributed by atoms with van der Waals surface area (Å²) < 4.78 is 5.11. The number of rotatable bonds is 9. The topological polar surface area (TPSA) is 50.3 Å². The first-order chi connectivity index (χ1) is 9.17. The van der Waals surface area contributed by atoms with Crippen LogP contribution in [0.4, 0.5) is 5.82 Å². The van der Waals surface area contributed by atoms with Crippen LogP contribution in [0.2, 0.25) is 0 Å². The van der Waals surface area contributed by atoms with Gasteiger partial charge in [-0.05, 0) is 0 Å². The Hall–Kier alpha value is -1.46. The number of aromatic nitrogens is 2. The highest BCUT2D eigenvalue weighted by molar-refractivity contribution is 5.37. The molecule has 1 heterocycles. The molecule has 1 rings (SSSR count). The molecule has 0 aliphatic carbocycles. The molecular formula is C14H24N4O. The lowest BCUT2D eigenvalue weighted by Gasteiger charge is -2.21. The summed E-state index contributed by atoms with van der Waals surface area (Å²) in [6, 6.07) is 0.434. The Balaban J connectivity index is 2.72. The van der Waals surface area contributed by atoms with E-state index in [0.29, 0.717) is 12.6 Å². The second-order valence-corrected chi connectivity index (χ2v) is 4.63. The van der Waals surface area contributed by atoms with Crippen molar-refractivity contribution in [3.63, 3.8) is 0 Å². The van der Waals surface area contributed by atoms with Gasteiger partial charge in [0.1, 0.15) is 5.82 Å². The molecule has 0 aromatic carbocycles. The van der Waals surface area contributed by atoms with Crippen molar-refractivity contribution >= 4 is 5.82 Å². The molecule has 0 saturated heterocycles. The summed E-state index contributed by atoms with van der Waals surface area (Å²) in [6.45, 7) is 10.9. The minimum absolute atomic E-state index is 0.434. The Morgan fingerprint density at radius 2 is 2.26 bits per heavy atom. The Bertz CT molecular complexity index is 381. The van der Waals surface area contributed by atoms with E-state index in [9.17, 15) is 0 Å². The predicted octanol–water partition coefficient (Wildman–Crippen LogP) is 1.61. The highest BCUT2D eigenvalue weighted by atomic mass is 16.5. The molecule has 0 unspecified atom stereocenters. The zero-order chi connectivity index (χ0) is 14.1. The van der Waals surface area contributed by atoms with Gasteiger partial charge in [0.2, 0.25) is 0 Å². The van der Waals surface area contributed by atoms with Crippen LogP contribution in [-0.4, -0.2) is 42.8 Å². The van der Waals surface area contributed by atoms with Crippen LogP contribution in [0.1, 0.15) is 19.5 Å². The molecular weight excluding hydrogens is 240 g/mol. The largest absolute Gasteiger partial charge is 0.383 e. The van der Waals surface area contributed by atoms with Crippen LogP contribution in [0.3, 0.4) is 0 Å². The Labute approximate surface area is 115 Å². The highest BCUT2D eigenvalue weighted by Gasteiger charge is 2.07. The molecule has 5 nitrogen and oxygen atoms in total. The molecule has 5 heteroatoms. The number of hydrogen-bond acceptors (Lipinski definition) is 5. The van der Waals surface area contributed by atoms with Gasteiger partial charge in [-0.1, -0.05) is 19.9 Å². The van der Waals surface area contributed by atoms with Crippen LogP contribution >= 0.6 is 0 Å². The smallest absolute Gasteiger partial charge is 0.147 e. The molecule has 0 atom stereocenters. The molecule has 0 saturated carbocycles. The Morgan fingerprint density at radius 1 is 1.47 bits per heavy atom. The Kier molecular flexibility index (Phi) is 7.07. The lowest BCUT2D eigenvalue weighted by molar-refractivity contribution is 0.205. The van der Waals surface area contributed by atoms with Crippen molar-refractivity contribution in [2.75, 3.05) is 31.7 Å². The summed E-state index contributed by atoms with van der Waals surface area (Å²) >= 11 is 0. The maximum Gasteiger partial charge on any atom is 0.147 e. The predicted molar refractivity (Wildman–Crippen MR) is 78.3 cm³/mol. The van der Waals surface area contributed by atoms with Crippen LogP contribution in [0.15, 0.2) is 25.0 Å². The van der Waals surface area contributed by atoms with Gasteiger partial charge in [0.15, 0.2) is 0 Å². The van der Waals surface area contributed by atoms with Crippen LogP contribution in [0.5, 0.6) is 0 Å². The molecule has 0 radical (unpaired) electrons. The fourth-order valence-corrected chi connectivity index (χ4v) is 1.60. The zero-order valence-electron chi connectivity index (χ0n) is 12.1. The monoisotopic (exact) mass is 264 g/mol. The van der Waals surface area contributed by atoms with Gasteiger partial charge in [-0.25, -0.2) is 4.98 Å². The van der Waals surface area contributed by atoms with Gasteiger partial charge in [-0.3, -0.25) is 4.98 Å². The van der Waals surface area contributed by atoms with Crippen LogP contribution in [-0.2, 0) is 11.3 Å². The average molecular weight is 264 g/mol. The van der Waals surface area contributed by atoms with Gasteiger partial charge in [-0.15, -0.1) is 6.58 Å². The van der Waals surface area contributed by atoms with Gasteiger partial charge in [0.05, 0.1) is 18.5 Å². The minimum atomic E-state index is 0.434. The summed E-state index contributed by atoms with van der Waals surface area (Å²) in [7, 11) is 1.70. The number of hydrogen-bond donors (Lipinski definition) is 1. The Morgan fingerprint density at radius 3 is 2.89 bits per heavy atom. The van der Waals surface area contributed by atoms with Crippen LogP contribution in [0.25, 0.3) is 0 Å². The minimum Gasteiger partial charge on any atom is -0.383 e. The quantitative estimate of drug-likeness (QED) is 0.687. The number of methoxy groups -OCH3 is 1. The molecule has 1 N–H and O–H groups in total. The number of nitrogens with zero attached hydrogens (tertiary/aromatic N) is 3. The molecule has 0 fully saturated rings. The summed E-state index contributed by atoms with van der Waals surface area (Å²) in [4.78, 5) is 11.0. The summed E-state index contributed by atoms with van der Waals surface area (Å²) in [5.41, 5.74) is 0.942. The summed E-state index contributed by atoms with van der Waals surface area (Å²) in [6.07, 6.45) is 5.43. The third kappa shape index (κ3) is 5.81. The fraction of sp³-hybridized carbons (Fsp3) is 0.571. The van der Waals surface area contributed by atoms with Crippen molar-refractivity contribution in [3.8, 4) is 0 Å². The highest BCUT2D eigenvalue weighted by Crippen LogP contribution is 2.09.